The standard InChI is InChI=1S/C10H8ClFN4/c11-7-2-1-6(12)5-8(7)16-10-9(13)14-3-4-15-10/h1-5H,(H2,13,14)(H,15,16). The van der Waals surface area contributed by atoms with Crippen LogP contribution in [0.15, 0.2) is 30.6 Å². The van der Waals surface area contributed by atoms with Crippen LogP contribution in [0.25, 0.3) is 0 Å². The number of hydrogen-bond donors (Lipinski definition) is 2. The maximum absolute atomic E-state index is 13.0. The maximum atomic E-state index is 13.0. The van der Waals surface area contributed by atoms with Crippen LogP contribution in [0, 0.1) is 5.82 Å². The van der Waals surface area contributed by atoms with Crippen molar-refractivity contribution < 1.29 is 4.39 Å². The van der Waals surface area contributed by atoms with Gasteiger partial charge in [0.15, 0.2) is 11.6 Å². The molecule has 1 aromatic carbocycles. The molecule has 0 atom stereocenters. The Morgan fingerprint density at radius 3 is 2.75 bits per heavy atom. The zero-order valence-electron chi connectivity index (χ0n) is 8.11. The van der Waals surface area contributed by atoms with Gasteiger partial charge in [-0.3, -0.25) is 0 Å². The Hall–Kier alpha value is -1.88. The first-order valence-electron chi connectivity index (χ1n) is 4.45. The smallest absolute Gasteiger partial charge is 0.173 e. The second kappa shape index (κ2) is 4.32. The number of aromatic nitrogens is 2. The van der Waals surface area contributed by atoms with E-state index in [2.05, 4.69) is 15.3 Å². The molecular formula is C10H8ClFN4. The number of halogens is 2. The molecule has 0 amide bonds. The summed E-state index contributed by atoms with van der Waals surface area (Å²) in [5.41, 5.74) is 5.98. The lowest BCUT2D eigenvalue weighted by Crippen LogP contribution is -2.01. The molecule has 2 rings (SSSR count). The van der Waals surface area contributed by atoms with Crippen LogP contribution in [0.2, 0.25) is 5.02 Å². The summed E-state index contributed by atoms with van der Waals surface area (Å²) in [4.78, 5) is 7.81. The Labute approximate surface area is 96.3 Å². The highest BCUT2D eigenvalue weighted by molar-refractivity contribution is 6.33. The van der Waals surface area contributed by atoms with Gasteiger partial charge in [-0.1, -0.05) is 11.6 Å². The first kappa shape index (κ1) is 10.6. The minimum Gasteiger partial charge on any atom is -0.381 e. The molecule has 4 nitrogen and oxygen atoms in total. The van der Waals surface area contributed by atoms with Crippen molar-refractivity contribution in [3.8, 4) is 0 Å². The average Bonchev–Trinajstić information content (AvgIpc) is 2.27. The molecule has 0 aliphatic heterocycles. The molecule has 0 aliphatic rings. The van der Waals surface area contributed by atoms with Gasteiger partial charge in [0.1, 0.15) is 5.82 Å². The highest BCUT2D eigenvalue weighted by atomic mass is 35.5. The first-order valence-corrected chi connectivity index (χ1v) is 4.83. The molecule has 0 aliphatic carbocycles. The molecule has 3 N–H and O–H groups in total. The monoisotopic (exact) mass is 238 g/mol. The van der Waals surface area contributed by atoms with Crippen LogP contribution >= 0.6 is 11.6 Å². The van der Waals surface area contributed by atoms with Gasteiger partial charge in [0.25, 0.3) is 0 Å². The van der Waals surface area contributed by atoms with Gasteiger partial charge in [0, 0.05) is 12.4 Å². The molecule has 82 valence electrons. The van der Waals surface area contributed by atoms with Gasteiger partial charge < -0.3 is 11.1 Å². The fourth-order valence-corrected chi connectivity index (χ4v) is 1.33. The highest BCUT2D eigenvalue weighted by Crippen LogP contribution is 2.26. The van der Waals surface area contributed by atoms with Crippen molar-refractivity contribution in [3.63, 3.8) is 0 Å². The Morgan fingerprint density at radius 2 is 2.00 bits per heavy atom. The lowest BCUT2D eigenvalue weighted by atomic mass is 10.3. The molecule has 0 bridgehead atoms. The van der Waals surface area contributed by atoms with E-state index in [-0.39, 0.29) is 5.82 Å². The van der Waals surface area contributed by atoms with Gasteiger partial charge in [0.05, 0.1) is 10.7 Å². The van der Waals surface area contributed by atoms with Crippen molar-refractivity contribution in [3.05, 3.63) is 41.4 Å². The molecule has 0 saturated heterocycles. The molecule has 0 unspecified atom stereocenters. The topological polar surface area (TPSA) is 63.8 Å². The minimum atomic E-state index is -0.394. The summed E-state index contributed by atoms with van der Waals surface area (Å²) in [6.45, 7) is 0. The van der Waals surface area contributed by atoms with E-state index >= 15 is 0 Å². The number of benzene rings is 1. The summed E-state index contributed by atoms with van der Waals surface area (Å²) in [7, 11) is 0. The SMILES string of the molecule is Nc1nccnc1Nc1cc(F)ccc1Cl. The van der Waals surface area contributed by atoms with Gasteiger partial charge in [-0.2, -0.15) is 0 Å². The lowest BCUT2D eigenvalue weighted by molar-refractivity contribution is 0.628. The Bertz CT molecular complexity index is 518. The lowest BCUT2D eigenvalue weighted by Gasteiger charge is -2.08. The van der Waals surface area contributed by atoms with E-state index in [4.69, 9.17) is 17.3 Å². The van der Waals surface area contributed by atoms with Crippen LogP contribution in [0.3, 0.4) is 0 Å². The molecule has 1 heterocycles. The van der Waals surface area contributed by atoms with Crippen molar-refractivity contribution in [2.24, 2.45) is 0 Å². The summed E-state index contributed by atoms with van der Waals surface area (Å²) >= 11 is 5.88. The summed E-state index contributed by atoms with van der Waals surface area (Å²) < 4.78 is 13.0. The first-order chi connectivity index (χ1) is 7.66. The third-order valence-electron chi connectivity index (χ3n) is 1.91. The van der Waals surface area contributed by atoms with Crippen LogP contribution in [0.5, 0.6) is 0 Å². The van der Waals surface area contributed by atoms with E-state index in [0.29, 0.717) is 16.5 Å². The molecule has 1 aromatic heterocycles. The number of hydrogen-bond acceptors (Lipinski definition) is 4. The quantitative estimate of drug-likeness (QED) is 0.844. The van der Waals surface area contributed by atoms with E-state index in [1.54, 1.807) is 0 Å². The predicted molar refractivity (Wildman–Crippen MR) is 61.1 cm³/mol. The third kappa shape index (κ3) is 2.20. The number of nitrogens with two attached hydrogens (primary N) is 1. The second-order valence-electron chi connectivity index (χ2n) is 3.04. The molecule has 2 aromatic rings. The summed E-state index contributed by atoms with van der Waals surface area (Å²) in [6.07, 6.45) is 2.94. The van der Waals surface area contributed by atoms with Gasteiger partial charge in [0.2, 0.25) is 0 Å². The van der Waals surface area contributed by atoms with Crippen LogP contribution in [0.4, 0.5) is 21.7 Å². The van der Waals surface area contributed by atoms with E-state index in [1.165, 1.54) is 30.6 Å². The molecular weight excluding hydrogens is 231 g/mol. The van der Waals surface area contributed by atoms with Crippen molar-refractivity contribution in [1.82, 2.24) is 9.97 Å². The van der Waals surface area contributed by atoms with Gasteiger partial charge in [-0.25, -0.2) is 14.4 Å². The number of anilines is 3. The highest BCUT2D eigenvalue weighted by Gasteiger charge is 2.05. The minimum absolute atomic E-state index is 0.225. The largest absolute Gasteiger partial charge is 0.381 e. The number of nitrogen functional groups attached to an aromatic ring is 1. The zero-order chi connectivity index (χ0) is 11.5. The molecule has 6 heteroatoms. The Morgan fingerprint density at radius 1 is 1.25 bits per heavy atom. The Kier molecular flexibility index (Phi) is 2.87. The van der Waals surface area contributed by atoms with Gasteiger partial charge in [-0.05, 0) is 18.2 Å². The van der Waals surface area contributed by atoms with Gasteiger partial charge in [-0.15, -0.1) is 0 Å². The van der Waals surface area contributed by atoms with Crippen molar-refractivity contribution in [2.75, 3.05) is 11.1 Å². The van der Waals surface area contributed by atoms with Crippen LogP contribution in [0.1, 0.15) is 0 Å². The normalized spacial score (nSPS) is 10.1. The summed E-state index contributed by atoms with van der Waals surface area (Å²) in [5, 5.41) is 3.19. The van der Waals surface area contributed by atoms with Crippen LogP contribution in [-0.4, -0.2) is 9.97 Å². The van der Waals surface area contributed by atoms with Crippen molar-refractivity contribution in [2.45, 2.75) is 0 Å². The van der Waals surface area contributed by atoms with Crippen LogP contribution in [-0.2, 0) is 0 Å². The zero-order valence-corrected chi connectivity index (χ0v) is 8.87. The third-order valence-corrected chi connectivity index (χ3v) is 2.24. The number of rotatable bonds is 2. The molecule has 0 spiro atoms. The predicted octanol–water partition coefficient (Wildman–Crippen LogP) is 2.59. The van der Waals surface area contributed by atoms with E-state index in [9.17, 15) is 4.39 Å². The van der Waals surface area contributed by atoms with Crippen molar-refractivity contribution >= 4 is 28.9 Å². The fourth-order valence-electron chi connectivity index (χ4n) is 1.17. The van der Waals surface area contributed by atoms with E-state index in [0.717, 1.165) is 0 Å². The molecule has 0 fully saturated rings. The fraction of sp³-hybridized carbons (Fsp3) is 0. The second-order valence-corrected chi connectivity index (χ2v) is 3.45. The summed E-state index contributed by atoms with van der Waals surface area (Å²) in [5.74, 6) is 0.173. The van der Waals surface area contributed by atoms with Crippen molar-refractivity contribution in [1.29, 1.82) is 0 Å². The number of nitrogens with zero attached hydrogens (tertiary/aromatic N) is 2. The van der Waals surface area contributed by atoms with Gasteiger partial charge >= 0.3 is 0 Å². The molecule has 0 saturated carbocycles. The maximum Gasteiger partial charge on any atom is 0.173 e. The Balaban J connectivity index is 2.34. The number of nitrogens with one attached hydrogen (secondary N) is 1. The van der Waals surface area contributed by atoms with Crippen LogP contribution < -0.4 is 11.1 Å². The summed E-state index contributed by atoms with van der Waals surface area (Å²) in [6, 6.07) is 3.98. The molecule has 0 radical (unpaired) electrons. The van der Waals surface area contributed by atoms with E-state index < -0.39 is 5.82 Å². The molecule has 16 heavy (non-hydrogen) atoms. The van der Waals surface area contributed by atoms with E-state index in [1.807, 2.05) is 0 Å². The average molecular weight is 239 g/mol.